The monoisotopic (exact) mass is 305 g/mol. The lowest BCUT2D eigenvalue weighted by molar-refractivity contribution is 0.169. The van der Waals surface area contributed by atoms with Gasteiger partial charge in [0.15, 0.2) is 0 Å². The molecule has 5 heteroatoms. The van der Waals surface area contributed by atoms with E-state index in [9.17, 15) is 8.78 Å². The van der Waals surface area contributed by atoms with E-state index in [1.807, 2.05) is 13.8 Å². The van der Waals surface area contributed by atoms with E-state index in [2.05, 4.69) is 5.32 Å². The molecule has 0 radical (unpaired) electrons. The lowest BCUT2D eigenvalue weighted by atomic mass is 9.91. The van der Waals surface area contributed by atoms with Crippen LogP contribution in [0, 0.1) is 17.6 Å². The minimum absolute atomic E-state index is 0.122. The van der Waals surface area contributed by atoms with Crippen molar-refractivity contribution in [3.8, 4) is 0 Å². The molecular formula is C15H22ClF2NO. The van der Waals surface area contributed by atoms with Crippen molar-refractivity contribution in [3.63, 3.8) is 0 Å². The minimum atomic E-state index is -0.592. The van der Waals surface area contributed by atoms with Gasteiger partial charge in [-0.25, -0.2) is 8.78 Å². The van der Waals surface area contributed by atoms with E-state index >= 15 is 0 Å². The molecule has 2 unspecified atom stereocenters. The van der Waals surface area contributed by atoms with Crippen molar-refractivity contribution in [2.75, 3.05) is 20.3 Å². The molecule has 0 bridgehead atoms. The molecule has 1 rings (SSSR count). The second-order valence-electron chi connectivity index (χ2n) is 4.98. The molecule has 0 saturated heterocycles. The van der Waals surface area contributed by atoms with Crippen molar-refractivity contribution in [2.45, 2.75) is 32.7 Å². The summed E-state index contributed by atoms with van der Waals surface area (Å²) in [6, 6.07) is 1.97. The van der Waals surface area contributed by atoms with E-state index < -0.39 is 11.6 Å². The van der Waals surface area contributed by atoms with Gasteiger partial charge in [-0.15, -0.1) is 0 Å². The van der Waals surface area contributed by atoms with Crippen LogP contribution >= 0.6 is 11.6 Å². The minimum Gasteiger partial charge on any atom is -0.385 e. The molecule has 1 N–H and O–H groups in total. The normalized spacial score (nSPS) is 14.3. The number of rotatable bonds is 8. The summed E-state index contributed by atoms with van der Waals surface area (Å²) in [6.45, 7) is 5.36. The van der Waals surface area contributed by atoms with Gasteiger partial charge in [-0.1, -0.05) is 25.4 Å². The van der Waals surface area contributed by atoms with Gasteiger partial charge >= 0.3 is 0 Å². The first kappa shape index (κ1) is 17.3. The quantitative estimate of drug-likeness (QED) is 0.722. The number of hydrogen-bond donors (Lipinski definition) is 1. The first-order valence-corrected chi connectivity index (χ1v) is 7.25. The van der Waals surface area contributed by atoms with Crippen LogP contribution in [-0.4, -0.2) is 20.3 Å². The number of methoxy groups -OCH3 is 1. The number of nitrogens with one attached hydrogen (secondary N) is 1. The van der Waals surface area contributed by atoms with Crippen LogP contribution in [0.2, 0.25) is 5.02 Å². The SMILES string of the molecule is CCCNC(c1cc(F)c(Cl)cc1F)C(C)CCOC. The zero-order valence-electron chi connectivity index (χ0n) is 12.2. The van der Waals surface area contributed by atoms with Crippen molar-refractivity contribution in [2.24, 2.45) is 5.92 Å². The van der Waals surface area contributed by atoms with Crippen molar-refractivity contribution < 1.29 is 13.5 Å². The topological polar surface area (TPSA) is 21.3 Å². The molecule has 20 heavy (non-hydrogen) atoms. The van der Waals surface area contributed by atoms with E-state index in [1.165, 1.54) is 6.07 Å². The van der Waals surface area contributed by atoms with Gasteiger partial charge in [0.1, 0.15) is 11.6 Å². The molecule has 2 nitrogen and oxygen atoms in total. The van der Waals surface area contributed by atoms with Gasteiger partial charge in [-0.3, -0.25) is 0 Å². The maximum absolute atomic E-state index is 14.1. The fourth-order valence-corrected chi connectivity index (χ4v) is 2.31. The standard InChI is InChI=1S/C15H22ClF2NO/c1-4-6-19-15(10(2)5-7-20-3)11-8-14(18)12(16)9-13(11)17/h8-10,15,19H,4-7H2,1-3H3. The van der Waals surface area contributed by atoms with Gasteiger partial charge in [0.25, 0.3) is 0 Å². The summed E-state index contributed by atoms with van der Waals surface area (Å²) in [5.74, 6) is -0.948. The molecule has 0 aliphatic heterocycles. The van der Waals surface area contributed by atoms with Crippen LogP contribution in [0.1, 0.15) is 38.3 Å². The van der Waals surface area contributed by atoms with Crippen molar-refractivity contribution in [3.05, 3.63) is 34.4 Å². The fraction of sp³-hybridized carbons (Fsp3) is 0.600. The molecule has 0 heterocycles. The third kappa shape index (κ3) is 4.69. The van der Waals surface area contributed by atoms with Crippen LogP contribution in [0.15, 0.2) is 12.1 Å². The average Bonchev–Trinajstić information content (AvgIpc) is 2.42. The van der Waals surface area contributed by atoms with Gasteiger partial charge in [0, 0.05) is 25.3 Å². The predicted octanol–water partition coefficient (Wildman–Crippen LogP) is 4.33. The Morgan fingerprint density at radius 1 is 1.30 bits per heavy atom. The van der Waals surface area contributed by atoms with Crippen LogP contribution < -0.4 is 5.32 Å². The summed E-state index contributed by atoms with van der Waals surface area (Å²) < 4.78 is 32.7. The Balaban J connectivity index is 3.00. The van der Waals surface area contributed by atoms with E-state index in [0.717, 1.165) is 25.5 Å². The van der Waals surface area contributed by atoms with E-state index in [4.69, 9.17) is 16.3 Å². The lowest BCUT2D eigenvalue weighted by Crippen LogP contribution is -2.29. The molecule has 1 aromatic rings. The first-order valence-electron chi connectivity index (χ1n) is 6.88. The van der Waals surface area contributed by atoms with Crippen LogP contribution in [0.25, 0.3) is 0 Å². The van der Waals surface area contributed by atoms with E-state index in [1.54, 1.807) is 7.11 Å². The van der Waals surface area contributed by atoms with E-state index in [0.29, 0.717) is 12.2 Å². The molecule has 114 valence electrons. The summed E-state index contributed by atoms with van der Waals surface area (Å²) in [5.41, 5.74) is 0.323. The first-order chi connectivity index (χ1) is 9.51. The van der Waals surface area contributed by atoms with Gasteiger partial charge < -0.3 is 10.1 Å². The highest BCUT2D eigenvalue weighted by Crippen LogP contribution is 2.30. The lowest BCUT2D eigenvalue weighted by Gasteiger charge is -2.26. The molecule has 0 aliphatic rings. The van der Waals surface area contributed by atoms with Crippen LogP contribution in [0.5, 0.6) is 0 Å². The largest absolute Gasteiger partial charge is 0.385 e. The maximum atomic E-state index is 14.1. The van der Waals surface area contributed by atoms with Gasteiger partial charge in [0.05, 0.1) is 5.02 Å². The van der Waals surface area contributed by atoms with Crippen molar-refractivity contribution in [1.29, 1.82) is 0 Å². The Kier molecular flexibility index (Phi) is 7.41. The van der Waals surface area contributed by atoms with E-state index in [-0.39, 0.29) is 17.0 Å². The molecule has 0 amide bonds. The fourth-order valence-electron chi connectivity index (χ4n) is 2.16. The molecule has 0 aromatic heterocycles. The van der Waals surface area contributed by atoms with Crippen LogP contribution in [-0.2, 0) is 4.74 Å². The summed E-state index contributed by atoms with van der Waals surface area (Å²) in [4.78, 5) is 0. The molecule has 0 saturated carbocycles. The van der Waals surface area contributed by atoms with Crippen LogP contribution in [0.3, 0.4) is 0 Å². The van der Waals surface area contributed by atoms with Gasteiger partial charge in [-0.05, 0) is 37.4 Å². The third-order valence-corrected chi connectivity index (χ3v) is 3.62. The molecule has 0 spiro atoms. The molecular weight excluding hydrogens is 284 g/mol. The second kappa shape index (κ2) is 8.55. The summed E-state index contributed by atoms with van der Waals surface area (Å²) in [7, 11) is 1.63. The van der Waals surface area contributed by atoms with Crippen molar-refractivity contribution >= 4 is 11.6 Å². The number of benzene rings is 1. The Labute approximate surface area is 124 Å². The highest BCUT2D eigenvalue weighted by Gasteiger charge is 2.23. The second-order valence-corrected chi connectivity index (χ2v) is 5.39. The molecule has 0 fully saturated rings. The van der Waals surface area contributed by atoms with Gasteiger partial charge in [-0.2, -0.15) is 0 Å². The smallest absolute Gasteiger partial charge is 0.142 e. The number of ether oxygens (including phenoxy) is 1. The Morgan fingerprint density at radius 3 is 2.60 bits per heavy atom. The predicted molar refractivity (Wildman–Crippen MR) is 78.1 cm³/mol. The Hall–Kier alpha value is -0.710. The summed E-state index contributed by atoms with van der Waals surface area (Å²) >= 11 is 5.60. The maximum Gasteiger partial charge on any atom is 0.142 e. The highest BCUT2D eigenvalue weighted by molar-refractivity contribution is 6.30. The van der Waals surface area contributed by atoms with Crippen LogP contribution in [0.4, 0.5) is 8.78 Å². The highest BCUT2D eigenvalue weighted by atomic mass is 35.5. The van der Waals surface area contributed by atoms with Crippen molar-refractivity contribution in [1.82, 2.24) is 5.32 Å². The Morgan fingerprint density at radius 2 is 2.00 bits per heavy atom. The third-order valence-electron chi connectivity index (χ3n) is 3.34. The Bertz CT molecular complexity index is 429. The molecule has 0 aliphatic carbocycles. The number of halogens is 3. The summed E-state index contributed by atoms with van der Waals surface area (Å²) in [5, 5.41) is 3.09. The summed E-state index contributed by atoms with van der Waals surface area (Å²) in [6.07, 6.45) is 1.69. The molecule has 2 atom stereocenters. The zero-order chi connectivity index (χ0) is 15.1. The average molecular weight is 306 g/mol. The number of hydrogen-bond acceptors (Lipinski definition) is 2. The molecule has 1 aromatic carbocycles. The van der Waals surface area contributed by atoms with Gasteiger partial charge in [0.2, 0.25) is 0 Å². The zero-order valence-corrected chi connectivity index (χ0v) is 12.9.